The number of esters is 1. The molecular weight excluding hydrogens is 1000 g/mol. The molecule has 5 aliphatic carbocycles. The Bertz CT molecular complexity index is 2170. The molecule has 76 heavy (non-hydrogen) atoms. The van der Waals surface area contributed by atoms with E-state index in [0.717, 1.165) is 5.57 Å². The number of aliphatic hydroxyl groups is 13. The van der Waals surface area contributed by atoms with Gasteiger partial charge < -0.3 is 105 Å². The van der Waals surface area contributed by atoms with Crippen molar-refractivity contribution in [1.29, 1.82) is 0 Å². The molecule has 0 radical (unpaired) electrons. The van der Waals surface area contributed by atoms with Gasteiger partial charge in [-0.2, -0.15) is 0 Å². The fraction of sp³-hybridized carbons (Fsp3) is 0.887. The van der Waals surface area contributed by atoms with Gasteiger partial charge in [0.05, 0.1) is 50.2 Å². The number of carbonyl (C=O) groups excluding carboxylic acids is 1. The van der Waals surface area contributed by atoms with Crippen LogP contribution in [0.5, 0.6) is 0 Å². The van der Waals surface area contributed by atoms with Gasteiger partial charge in [0.25, 0.3) is 0 Å². The quantitative estimate of drug-likeness (QED) is 0.0415. The summed E-state index contributed by atoms with van der Waals surface area (Å²) in [5.41, 5.74) is -3.64. The van der Waals surface area contributed by atoms with Crippen molar-refractivity contribution in [2.75, 3.05) is 26.4 Å². The molecule has 8 aliphatic rings. The maximum Gasteiger partial charge on any atom is 0.335 e. The molecule has 8 rings (SSSR count). The molecule has 0 spiro atoms. The Kier molecular flexibility index (Phi) is 16.9. The van der Waals surface area contributed by atoms with E-state index in [1.165, 1.54) is 0 Å². The summed E-state index contributed by atoms with van der Waals surface area (Å²) < 4.78 is 42.0. The summed E-state index contributed by atoms with van der Waals surface area (Å²) in [5.74, 6) is -3.19. The third kappa shape index (κ3) is 9.16. The molecule has 23 heteroatoms. The first kappa shape index (κ1) is 59.8. The second-order valence-corrected chi connectivity index (χ2v) is 24.9. The number of hydrogen-bond acceptors (Lipinski definition) is 22. The number of rotatable bonds is 13. The van der Waals surface area contributed by atoms with Crippen molar-refractivity contribution in [3.8, 4) is 0 Å². The summed E-state index contributed by atoms with van der Waals surface area (Å²) in [5, 5.41) is 154. The fourth-order valence-corrected chi connectivity index (χ4v) is 15.9. The lowest BCUT2D eigenvalue weighted by atomic mass is 9.33. The minimum Gasteiger partial charge on any atom is -0.479 e. The zero-order valence-electron chi connectivity index (χ0n) is 44.6. The monoisotopic (exact) mass is 1090 g/mol. The molecule has 0 aromatic rings. The number of aliphatic carboxylic acids is 1. The highest BCUT2D eigenvalue weighted by Crippen LogP contribution is 2.76. The Hall–Kier alpha value is -2.34. The molecule has 0 amide bonds. The zero-order chi connectivity index (χ0) is 56.2. The highest BCUT2D eigenvalue weighted by atomic mass is 16.8. The molecule has 0 bridgehead atoms. The van der Waals surface area contributed by atoms with Crippen molar-refractivity contribution in [2.24, 2.45) is 50.2 Å². The van der Waals surface area contributed by atoms with Gasteiger partial charge in [-0.25, -0.2) is 9.59 Å². The van der Waals surface area contributed by atoms with E-state index in [1.54, 1.807) is 19.9 Å². The molecule has 23 nitrogen and oxygen atoms in total. The Morgan fingerprint density at radius 2 is 1.26 bits per heavy atom. The van der Waals surface area contributed by atoms with Crippen LogP contribution in [-0.4, -0.2) is 226 Å². The van der Waals surface area contributed by atoms with E-state index in [0.29, 0.717) is 37.7 Å². The summed E-state index contributed by atoms with van der Waals surface area (Å²) in [4.78, 5) is 26.5. The normalized spacial score (nSPS) is 52.3. The average Bonchev–Trinajstić information content (AvgIpc) is 3.41. The third-order valence-corrected chi connectivity index (χ3v) is 20.8. The number of fused-ring (bicyclic) bond motifs is 7. The molecule has 3 heterocycles. The predicted molar refractivity (Wildman–Crippen MR) is 259 cm³/mol. The van der Waals surface area contributed by atoms with Gasteiger partial charge >= 0.3 is 11.9 Å². The van der Waals surface area contributed by atoms with Gasteiger partial charge in [0.1, 0.15) is 73.2 Å². The first-order valence-electron chi connectivity index (χ1n) is 26.8. The molecule has 3 saturated heterocycles. The van der Waals surface area contributed by atoms with Crippen molar-refractivity contribution < 1.29 is 114 Å². The molecule has 4 saturated carbocycles. The van der Waals surface area contributed by atoms with Gasteiger partial charge in [0, 0.05) is 11.0 Å². The van der Waals surface area contributed by atoms with E-state index in [4.69, 9.17) is 33.2 Å². The standard InChI is InChI=1S/C53H84O23/c1-9-22(2)44(69)76-42-41(66)48(3,4)16-24-23-10-11-28-49(5)14-13-30(50(6,20-56)27(49)12-15-51(28,7)52(23,8)17-29(58)53(24,42)21-57)72-47-39(74-46-36(64)34(62)32(60)26(19-55)71-46)37(65)38(40(75-47)43(67)68)73-45-35(63)33(61)31(59)25(18-54)70-45/h9-10,24-42,45-47,54-66H,11-21H2,1-8H3,(H,67,68)/b22-9+/t24-,25+,26-,27-,28-,29-,30+,31+,32+,33-,34-,35-,36-,37+,38+,39-,40+,41+,42+,45+,46+,47-,49-,50-,51-,52-,53-/m0/s1. The maximum atomic E-state index is 13.4. The smallest absolute Gasteiger partial charge is 0.335 e. The van der Waals surface area contributed by atoms with Gasteiger partial charge in [-0.15, -0.1) is 0 Å². The first-order chi connectivity index (χ1) is 35.5. The second-order valence-electron chi connectivity index (χ2n) is 24.9. The summed E-state index contributed by atoms with van der Waals surface area (Å²) >= 11 is 0. The number of ether oxygens (including phenoxy) is 7. The van der Waals surface area contributed by atoms with E-state index < -0.39 is 193 Å². The molecule has 7 fully saturated rings. The summed E-state index contributed by atoms with van der Waals surface area (Å²) in [6, 6.07) is 0. The van der Waals surface area contributed by atoms with Crippen LogP contribution < -0.4 is 0 Å². The molecular formula is C53H84O23. The number of carbonyl (C=O) groups is 2. The minimum absolute atomic E-state index is 0.0620. The number of hydrogen-bond donors (Lipinski definition) is 14. The number of carboxylic acids is 1. The lowest BCUT2D eigenvalue weighted by Crippen LogP contribution is -2.72. The highest BCUT2D eigenvalue weighted by Gasteiger charge is 2.74. The number of allylic oxidation sites excluding steroid dienone is 3. The van der Waals surface area contributed by atoms with Gasteiger partial charge in [-0.3, -0.25) is 0 Å². The van der Waals surface area contributed by atoms with Crippen LogP contribution in [-0.2, 0) is 42.7 Å². The van der Waals surface area contributed by atoms with Crippen molar-refractivity contribution in [3.05, 3.63) is 23.3 Å². The van der Waals surface area contributed by atoms with E-state index in [9.17, 15) is 81.1 Å². The SMILES string of the molecule is C/C=C(\C)C(=O)O[C@@H]1[C@@H](O)C(C)(C)C[C@H]2C3=CC[C@H]4[C@@]5(C)CC[C@@H](O[C@H]6O[C@@H](C(=O)O)[C@H](O[C@H]7O[C@H](CO)[C@@H](O)[C@H](O)[C@@H]7O)[C@@H](O)[C@@H]6O[C@H]6O[C@@H](CO)[C@@H](O)[C@H](O)[C@@H]6O)[C@@](C)(CO)[C@H]5CC[C@]4(C)[C@@]3(C)C[C@H](O)[C@@]12CO. The van der Waals surface area contributed by atoms with E-state index in [1.807, 2.05) is 20.8 Å². The van der Waals surface area contributed by atoms with E-state index in [2.05, 4.69) is 26.8 Å². The maximum absolute atomic E-state index is 13.4. The summed E-state index contributed by atoms with van der Waals surface area (Å²) in [6.45, 7) is 12.9. The molecule has 0 aromatic heterocycles. The Morgan fingerprint density at radius 1 is 0.684 bits per heavy atom. The first-order valence-corrected chi connectivity index (χ1v) is 26.8. The number of aliphatic hydroxyl groups excluding tert-OH is 13. The minimum atomic E-state index is -2.17. The van der Waals surface area contributed by atoms with Crippen LogP contribution in [0.3, 0.4) is 0 Å². The van der Waals surface area contributed by atoms with Gasteiger partial charge in [-0.1, -0.05) is 59.3 Å². The Morgan fingerprint density at radius 3 is 1.79 bits per heavy atom. The molecule has 14 N–H and O–H groups in total. The van der Waals surface area contributed by atoms with Crippen molar-refractivity contribution >= 4 is 11.9 Å². The molecule has 27 atom stereocenters. The Labute approximate surface area is 442 Å². The lowest BCUT2D eigenvalue weighted by Gasteiger charge is -2.72. The summed E-state index contributed by atoms with van der Waals surface area (Å²) in [7, 11) is 0. The average molecular weight is 1090 g/mol. The molecule has 434 valence electrons. The molecule has 0 aromatic carbocycles. The lowest BCUT2D eigenvalue weighted by molar-refractivity contribution is -0.392. The van der Waals surface area contributed by atoms with Crippen LogP contribution in [0.25, 0.3) is 0 Å². The zero-order valence-corrected chi connectivity index (χ0v) is 44.6. The van der Waals surface area contributed by atoms with Crippen molar-refractivity contribution in [1.82, 2.24) is 0 Å². The van der Waals surface area contributed by atoms with E-state index in [-0.39, 0.29) is 24.7 Å². The Balaban J connectivity index is 1.11. The van der Waals surface area contributed by atoms with Crippen LogP contribution in [0, 0.1) is 50.2 Å². The van der Waals surface area contributed by atoms with Crippen LogP contribution in [0.1, 0.15) is 100 Å². The van der Waals surface area contributed by atoms with Gasteiger partial charge in [0.2, 0.25) is 0 Å². The molecule has 0 unspecified atom stereocenters. The summed E-state index contributed by atoms with van der Waals surface area (Å²) in [6.07, 6.45) is -26.4. The van der Waals surface area contributed by atoms with Gasteiger partial charge in [-0.05, 0) is 98.2 Å². The van der Waals surface area contributed by atoms with Crippen LogP contribution in [0.2, 0.25) is 0 Å². The van der Waals surface area contributed by atoms with Crippen molar-refractivity contribution in [2.45, 2.75) is 217 Å². The van der Waals surface area contributed by atoms with Crippen LogP contribution in [0.15, 0.2) is 23.3 Å². The molecule has 3 aliphatic heterocycles. The fourth-order valence-electron chi connectivity index (χ4n) is 15.9. The topological polar surface area (TPSA) is 382 Å². The van der Waals surface area contributed by atoms with Crippen LogP contribution in [0.4, 0.5) is 0 Å². The third-order valence-electron chi connectivity index (χ3n) is 20.8. The van der Waals surface area contributed by atoms with Crippen LogP contribution >= 0.6 is 0 Å². The second kappa shape index (κ2) is 21.5. The largest absolute Gasteiger partial charge is 0.479 e. The number of carboxylic acid groups (broad SMARTS) is 1. The van der Waals surface area contributed by atoms with Crippen molar-refractivity contribution in [3.63, 3.8) is 0 Å². The van der Waals surface area contributed by atoms with E-state index >= 15 is 0 Å². The predicted octanol–water partition coefficient (Wildman–Crippen LogP) is -1.89. The highest BCUT2D eigenvalue weighted by molar-refractivity contribution is 5.87. The van der Waals surface area contributed by atoms with Gasteiger partial charge in [0.15, 0.2) is 25.0 Å².